The second-order valence-electron chi connectivity index (χ2n) is 3.81. The third-order valence-corrected chi connectivity index (χ3v) is 3.29. The van der Waals surface area contributed by atoms with Crippen LogP contribution >= 0.6 is 0 Å². The van der Waals surface area contributed by atoms with Gasteiger partial charge >= 0.3 is 0 Å². The Hall–Kier alpha value is -0.0800. The average Bonchev–Trinajstić information content (AvgIpc) is 2.77. The maximum atomic E-state index is 5.50. The van der Waals surface area contributed by atoms with Crippen molar-refractivity contribution in [3.8, 4) is 0 Å². The van der Waals surface area contributed by atoms with Gasteiger partial charge in [0.2, 0.25) is 0 Å². The van der Waals surface area contributed by atoms with Crippen molar-refractivity contribution in [2.75, 3.05) is 13.7 Å². The topological polar surface area (TPSA) is 21.8 Å². The SMILES string of the molecule is CO[C@H]1CCC[C@]2(CO2)[C@H]1C. The molecule has 2 nitrogen and oxygen atoms in total. The molecule has 64 valence electrons. The summed E-state index contributed by atoms with van der Waals surface area (Å²) in [4.78, 5) is 0. The molecule has 1 spiro atoms. The van der Waals surface area contributed by atoms with Crippen LogP contribution in [-0.2, 0) is 9.47 Å². The average molecular weight is 156 g/mol. The van der Waals surface area contributed by atoms with Crippen LogP contribution in [0.4, 0.5) is 0 Å². The van der Waals surface area contributed by atoms with Crippen molar-refractivity contribution >= 4 is 0 Å². The van der Waals surface area contributed by atoms with Crippen LogP contribution < -0.4 is 0 Å². The standard InChI is InChI=1S/C9H16O2/c1-7-8(10-2)4-3-5-9(7)6-11-9/h7-8H,3-6H2,1-2H3/t7-,8-,9-/m0/s1. The molecule has 3 atom stereocenters. The Bertz CT molecular complexity index is 152. The smallest absolute Gasteiger partial charge is 0.0966 e. The van der Waals surface area contributed by atoms with Gasteiger partial charge in [-0.3, -0.25) is 0 Å². The third-order valence-electron chi connectivity index (χ3n) is 3.29. The first-order valence-electron chi connectivity index (χ1n) is 4.45. The normalized spacial score (nSPS) is 49.6. The van der Waals surface area contributed by atoms with E-state index in [9.17, 15) is 0 Å². The molecule has 1 saturated heterocycles. The van der Waals surface area contributed by atoms with Crippen LogP contribution in [0, 0.1) is 5.92 Å². The van der Waals surface area contributed by atoms with Crippen molar-refractivity contribution in [3.05, 3.63) is 0 Å². The Morgan fingerprint density at radius 2 is 2.27 bits per heavy atom. The maximum Gasteiger partial charge on any atom is 0.0966 e. The molecule has 0 aromatic rings. The molecular formula is C9H16O2. The summed E-state index contributed by atoms with van der Waals surface area (Å²) in [5, 5.41) is 0. The lowest BCUT2D eigenvalue weighted by atomic mass is 9.78. The molecule has 11 heavy (non-hydrogen) atoms. The fraction of sp³-hybridized carbons (Fsp3) is 1.00. The molecule has 1 aliphatic heterocycles. The predicted octanol–water partition coefficient (Wildman–Crippen LogP) is 1.59. The molecule has 2 rings (SSSR count). The first-order valence-corrected chi connectivity index (χ1v) is 4.45. The highest BCUT2D eigenvalue weighted by molar-refractivity contribution is 5.02. The van der Waals surface area contributed by atoms with Crippen molar-refractivity contribution in [1.29, 1.82) is 0 Å². The van der Waals surface area contributed by atoms with Crippen LogP contribution in [0.25, 0.3) is 0 Å². The molecule has 0 amide bonds. The Labute approximate surface area is 67.9 Å². The number of methoxy groups -OCH3 is 1. The lowest BCUT2D eigenvalue weighted by Gasteiger charge is -2.32. The number of epoxide rings is 1. The van der Waals surface area contributed by atoms with E-state index >= 15 is 0 Å². The first-order chi connectivity index (χ1) is 5.28. The minimum atomic E-state index is 0.235. The van der Waals surface area contributed by atoms with Gasteiger partial charge in [-0.1, -0.05) is 6.92 Å². The summed E-state index contributed by atoms with van der Waals surface area (Å²) < 4.78 is 10.9. The summed E-state index contributed by atoms with van der Waals surface area (Å²) in [6, 6.07) is 0. The van der Waals surface area contributed by atoms with E-state index in [0.29, 0.717) is 12.0 Å². The highest BCUT2D eigenvalue weighted by atomic mass is 16.6. The van der Waals surface area contributed by atoms with Gasteiger partial charge in [-0.15, -0.1) is 0 Å². The van der Waals surface area contributed by atoms with Crippen LogP contribution in [0.3, 0.4) is 0 Å². The molecule has 0 N–H and O–H groups in total. The number of hydrogen-bond donors (Lipinski definition) is 0. The highest BCUT2D eigenvalue weighted by Gasteiger charge is 2.53. The van der Waals surface area contributed by atoms with E-state index in [2.05, 4.69) is 6.92 Å². The summed E-state index contributed by atoms with van der Waals surface area (Å²) >= 11 is 0. The van der Waals surface area contributed by atoms with Gasteiger partial charge < -0.3 is 9.47 Å². The Morgan fingerprint density at radius 1 is 1.55 bits per heavy atom. The highest BCUT2D eigenvalue weighted by Crippen LogP contribution is 2.46. The lowest BCUT2D eigenvalue weighted by Crippen LogP contribution is -2.37. The van der Waals surface area contributed by atoms with Crippen molar-refractivity contribution in [2.45, 2.75) is 37.9 Å². The number of hydrogen-bond acceptors (Lipinski definition) is 2. The monoisotopic (exact) mass is 156 g/mol. The maximum absolute atomic E-state index is 5.50. The van der Waals surface area contributed by atoms with Crippen molar-refractivity contribution in [3.63, 3.8) is 0 Å². The van der Waals surface area contributed by atoms with E-state index in [1.165, 1.54) is 19.3 Å². The zero-order valence-corrected chi connectivity index (χ0v) is 7.30. The first kappa shape index (κ1) is 7.56. The van der Waals surface area contributed by atoms with Gasteiger partial charge in [0.1, 0.15) is 0 Å². The van der Waals surface area contributed by atoms with Crippen LogP contribution in [0.1, 0.15) is 26.2 Å². The Kier molecular flexibility index (Phi) is 1.69. The minimum Gasteiger partial charge on any atom is -0.381 e. The predicted molar refractivity (Wildman–Crippen MR) is 42.5 cm³/mol. The van der Waals surface area contributed by atoms with Crippen molar-refractivity contribution in [2.24, 2.45) is 5.92 Å². The molecule has 0 bridgehead atoms. The molecule has 0 unspecified atom stereocenters. The van der Waals surface area contributed by atoms with Crippen LogP contribution in [0.5, 0.6) is 0 Å². The fourth-order valence-electron chi connectivity index (χ4n) is 2.24. The van der Waals surface area contributed by atoms with Gasteiger partial charge in [-0.2, -0.15) is 0 Å². The zero-order chi connectivity index (χ0) is 7.90. The molecular weight excluding hydrogens is 140 g/mol. The van der Waals surface area contributed by atoms with E-state index in [-0.39, 0.29) is 5.60 Å². The van der Waals surface area contributed by atoms with E-state index in [4.69, 9.17) is 9.47 Å². The quantitative estimate of drug-likeness (QED) is 0.538. The molecule has 1 saturated carbocycles. The summed E-state index contributed by atoms with van der Waals surface area (Å²) in [5.74, 6) is 0.598. The summed E-state index contributed by atoms with van der Waals surface area (Å²) in [7, 11) is 1.81. The third kappa shape index (κ3) is 1.09. The van der Waals surface area contributed by atoms with Crippen LogP contribution in [0.15, 0.2) is 0 Å². The molecule has 2 aliphatic rings. The van der Waals surface area contributed by atoms with Gasteiger partial charge in [0.05, 0.1) is 18.3 Å². The summed E-state index contributed by atoms with van der Waals surface area (Å²) in [5.41, 5.74) is 0.235. The van der Waals surface area contributed by atoms with Gasteiger partial charge in [-0.25, -0.2) is 0 Å². The Balaban J connectivity index is 2.04. The van der Waals surface area contributed by atoms with E-state index in [1.807, 2.05) is 7.11 Å². The minimum absolute atomic E-state index is 0.235. The second-order valence-corrected chi connectivity index (χ2v) is 3.81. The molecule has 1 aliphatic carbocycles. The molecule has 0 aromatic heterocycles. The second kappa shape index (κ2) is 2.46. The Morgan fingerprint density at radius 3 is 2.82 bits per heavy atom. The number of rotatable bonds is 1. The van der Waals surface area contributed by atoms with Gasteiger partial charge in [0, 0.05) is 13.0 Å². The molecule has 2 fully saturated rings. The molecule has 2 heteroatoms. The largest absolute Gasteiger partial charge is 0.381 e. The molecule has 1 heterocycles. The van der Waals surface area contributed by atoms with Crippen molar-refractivity contribution < 1.29 is 9.47 Å². The van der Waals surface area contributed by atoms with Gasteiger partial charge in [-0.05, 0) is 19.3 Å². The van der Waals surface area contributed by atoms with Gasteiger partial charge in [0.15, 0.2) is 0 Å². The lowest BCUT2D eigenvalue weighted by molar-refractivity contribution is -0.00927. The van der Waals surface area contributed by atoms with Crippen LogP contribution in [0.2, 0.25) is 0 Å². The zero-order valence-electron chi connectivity index (χ0n) is 7.30. The fourth-order valence-corrected chi connectivity index (χ4v) is 2.24. The molecule has 0 aromatic carbocycles. The van der Waals surface area contributed by atoms with E-state index in [0.717, 1.165) is 6.61 Å². The summed E-state index contributed by atoms with van der Waals surface area (Å²) in [6.45, 7) is 3.22. The van der Waals surface area contributed by atoms with Gasteiger partial charge in [0.25, 0.3) is 0 Å². The van der Waals surface area contributed by atoms with E-state index < -0.39 is 0 Å². The molecule has 0 radical (unpaired) electrons. The van der Waals surface area contributed by atoms with Crippen LogP contribution in [-0.4, -0.2) is 25.4 Å². The van der Waals surface area contributed by atoms with Crippen molar-refractivity contribution in [1.82, 2.24) is 0 Å². The summed E-state index contributed by atoms with van der Waals surface area (Å²) in [6.07, 6.45) is 4.16. The van der Waals surface area contributed by atoms with E-state index in [1.54, 1.807) is 0 Å². The number of ether oxygens (including phenoxy) is 2.